The van der Waals surface area contributed by atoms with Crippen molar-refractivity contribution >= 4 is 22.1 Å². The maximum Gasteiger partial charge on any atom is 0.336 e. The molecule has 0 saturated heterocycles. The minimum atomic E-state index is -4.56. The smallest absolute Gasteiger partial charge is 0.336 e. The van der Waals surface area contributed by atoms with Crippen LogP contribution in [0.25, 0.3) is 0 Å². The summed E-state index contributed by atoms with van der Waals surface area (Å²) in [5, 5.41) is 24.9. The van der Waals surface area contributed by atoms with Gasteiger partial charge >= 0.3 is 11.9 Å². The zero-order valence-corrected chi connectivity index (χ0v) is 10.6. The number of aromatic carboxylic acids is 2. The topological polar surface area (TPSA) is 149 Å². The zero-order valence-electron chi connectivity index (χ0n) is 9.77. The summed E-state index contributed by atoms with van der Waals surface area (Å²) < 4.78 is 30.1. The standard InChI is InChI=1S/C8H6O7S.C2H6O/c9-7(10)5-2-1-4(16(13,14)15)3-6(5)8(11)12;1-2-3/h1-3H,(H,9,10)(H,11,12)(H,13,14,15);3H,2H2,1H3. The van der Waals surface area contributed by atoms with Crippen molar-refractivity contribution in [1.29, 1.82) is 0 Å². The highest BCUT2D eigenvalue weighted by Crippen LogP contribution is 2.16. The number of carbonyl (C=O) groups is 2. The Labute approximate surface area is 108 Å². The van der Waals surface area contributed by atoms with Gasteiger partial charge in [0.1, 0.15) is 0 Å². The van der Waals surface area contributed by atoms with Crippen LogP contribution in [0.1, 0.15) is 27.6 Å². The fourth-order valence-corrected chi connectivity index (χ4v) is 1.55. The van der Waals surface area contributed by atoms with Gasteiger partial charge in [0, 0.05) is 6.61 Å². The molecular formula is C10H12O8S. The van der Waals surface area contributed by atoms with E-state index in [9.17, 15) is 18.0 Å². The quantitative estimate of drug-likeness (QED) is 0.582. The van der Waals surface area contributed by atoms with Crippen LogP contribution in [0.3, 0.4) is 0 Å². The fraction of sp³-hybridized carbons (Fsp3) is 0.200. The maximum absolute atomic E-state index is 10.7. The Kier molecular flexibility index (Phi) is 6.12. The van der Waals surface area contributed by atoms with Crippen LogP contribution in [0.4, 0.5) is 0 Å². The van der Waals surface area contributed by atoms with Crippen LogP contribution in [0.15, 0.2) is 23.1 Å². The van der Waals surface area contributed by atoms with E-state index in [-0.39, 0.29) is 6.61 Å². The largest absolute Gasteiger partial charge is 0.478 e. The molecule has 106 valence electrons. The van der Waals surface area contributed by atoms with Crippen LogP contribution in [0.5, 0.6) is 0 Å². The predicted octanol–water partition coefficient (Wildman–Crippen LogP) is 0.328. The lowest BCUT2D eigenvalue weighted by atomic mass is 10.1. The average Bonchev–Trinajstić information content (AvgIpc) is 2.27. The lowest BCUT2D eigenvalue weighted by Crippen LogP contribution is -2.10. The van der Waals surface area contributed by atoms with Crippen LogP contribution in [-0.2, 0) is 10.1 Å². The molecule has 0 radical (unpaired) electrons. The van der Waals surface area contributed by atoms with Gasteiger partial charge in [0.05, 0.1) is 16.0 Å². The monoisotopic (exact) mass is 292 g/mol. The van der Waals surface area contributed by atoms with Crippen molar-refractivity contribution in [2.45, 2.75) is 11.8 Å². The molecule has 0 aliphatic rings. The summed E-state index contributed by atoms with van der Waals surface area (Å²) in [4.78, 5) is 20.6. The van der Waals surface area contributed by atoms with Crippen molar-refractivity contribution in [3.05, 3.63) is 29.3 Å². The van der Waals surface area contributed by atoms with Gasteiger partial charge in [0.25, 0.3) is 10.1 Å². The number of hydrogen-bond donors (Lipinski definition) is 4. The summed E-state index contributed by atoms with van der Waals surface area (Å²) in [7, 11) is -4.56. The molecule has 9 heteroatoms. The van der Waals surface area contributed by atoms with Crippen LogP contribution < -0.4 is 0 Å². The third kappa shape index (κ3) is 5.04. The maximum atomic E-state index is 10.7. The summed E-state index contributed by atoms with van der Waals surface area (Å²) in [6.45, 7) is 1.93. The lowest BCUT2D eigenvalue weighted by molar-refractivity contribution is 0.0651. The van der Waals surface area contributed by atoms with E-state index in [0.29, 0.717) is 6.07 Å². The number of carboxylic acid groups (broad SMARTS) is 2. The Morgan fingerprint density at radius 1 is 1.11 bits per heavy atom. The van der Waals surface area contributed by atoms with E-state index in [0.717, 1.165) is 12.1 Å². The van der Waals surface area contributed by atoms with Gasteiger partial charge in [-0.15, -0.1) is 0 Å². The molecule has 1 rings (SSSR count). The number of aliphatic hydroxyl groups is 1. The number of hydrogen-bond acceptors (Lipinski definition) is 5. The van der Waals surface area contributed by atoms with Crippen molar-refractivity contribution in [2.75, 3.05) is 6.61 Å². The number of rotatable bonds is 3. The van der Waals surface area contributed by atoms with Crippen molar-refractivity contribution in [1.82, 2.24) is 0 Å². The van der Waals surface area contributed by atoms with Gasteiger partial charge in [-0.1, -0.05) is 0 Å². The van der Waals surface area contributed by atoms with E-state index in [1.807, 2.05) is 0 Å². The first-order valence-corrected chi connectivity index (χ1v) is 6.28. The highest BCUT2D eigenvalue weighted by Gasteiger charge is 2.20. The van der Waals surface area contributed by atoms with Gasteiger partial charge < -0.3 is 15.3 Å². The molecule has 0 unspecified atom stereocenters. The minimum absolute atomic E-state index is 0.250. The highest BCUT2D eigenvalue weighted by molar-refractivity contribution is 7.85. The van der Waals surface area contributed by atoms with E-state index in [2.05, 4.69) is 0 Å². The van der Waals surface area contributed by atoms with E-state index in [4.69, 9.17) is 19.9 Å². The molecule has 0 bridgehead atoms. The molecule has 1 aromatic rings. The molecule has 0 spiro atoms. The normalized spacial score (nSPS) is 10.3. The Morgan fingerprint density at radius 3 is 1.84 bits per heavy atom. The SMILES string of the molecule is CCO.O=C(O)c1ccc(S(=O)(=O)O)cc1C(=O)O. The average molecular weight is 292 g/mol. The fourth-order valence-electron chi connectivity index (χ4n) is 1.05. The summed E-state index contributed by atoms with van der Waals surface area (Å²) in [6, 6.07) is 2.20. The van der Waals surface area contributed by atoms with E-state index in [1.54, 1.807) is 6.92 Å². The first kappa shape index (κ1) is 17.0. The van der Waals surface area contributed by atoms with Gasteiger partial charge in [0.2, 0.25) is 0 Å². The molecule has 1 aromatic carbocycles. The number of aliphatic hydroxyl groups excluding tert-OH is 1. The van der Waals surface area contributed by atoms with Gasteiger partial charge in [-0.25, -0.2) is 9.59 Å². The second-order valence-corrected chi connectivity index (χ2v) is 4.53. The number of carboxylic acids is 2. The molecule has 8 nitrogen and oxygen atoms in total. The Balaban J connectivity index is 0.000000982. The lowest BCUT2D eigenvalue weighted by Gasteiger charge is -2.03. The third-order valence-corrected chi connectivity index (χ3v) is 2.60. The molecular weight excluding hydrogens is 280 g/mol. The van der Waals surface area contributed by atoms with E-state index >= 15 is 0 Å². The van der Waals surface area contributed by atoms with Gasteiger partial charge in [-0.3, -0.25) is 4.55 Å². The van der Waals surface area contributed by atoms with E-state index in [1.165, 1.54) is 0 Å². The van der Waals surface area contributed by atoms with Crippen molar-refractivity contribution in [3.8, 4) is 0 Å². The first-order chi connectivity index (χ1) is 8.65. The second kappa shape index (κ2) is 6.83. The van der Waals surface area contributed by atoms with Crippen LogP contribution in [0, 0.1) is 0 Å². The predicted molar refractivity (Wildman–Crippen MR) is 62.9 cm³/mol. The van der Waals surface area contributed by atoms with Crippen LogP contribution in [-0.4, -0.2) is 46.8 Å². The van der Waals surface area contributed by atoms with Crippen molar-refractivity contribution < 1.29 is 37.9 Å². The molecule has 0 aliphatic heterocycles. The Hall–Kier alpha value is -1.97. The van der Waals surface area contributed by atoms with Gasteiger partial charge in [0.15, 0.2) is 0 Å². The molecule has 0 aromatic heterocycles. The third-order valence-electron chi connectivity index (χ3n) is 1.75. The molecule has 0 heterocycles. The van der Waals surface area contributed by atoms with Gasteiger partial charge in [-0.05, 0) is 25.1 Å². The summed E-state index contributed by atoms with van der Waals surface area (Å²) in [5.74, 6) is -3.10. The van der Waals surface area contributed by atoms with Crippen molar-refractivity contribution in [3.63, 3.8) is 0 Å². The Bertz CT molecular complexity index is 575. The second-order valence-electron chi connectivity index (χ2n) is 3.11. The number of benzene rings is 1. The molecule has 4 N–H and O–H groups in total. The van der Waals surface area contributed by atoms with E-state index < -0.39 is 38.1 Å². The van der Waals surface area contributed by atoms with Gasteiger partial charge in [-0.2, -0.15) is 8.42 Å². The summed E-state index contributed by atoms with van der Waals surface area (Å²) in [6.07, 6.45) is 0. The molecule has 0 fully saturated rings. The Morgan fingerprint density at radius 2 is 1.53 bits per heavy atom. The molecule has 0 atom stereocenters. The zero-order chi connectivity index (χ0) is 15.2. The minimum Gasteiger partial charge on any atom is -0.478 e. The first-order valence-electron chi connectivity index (χ1n) is 4.84. The van der Waals surface area contributed by atoms with Crippen molar-refractivity contribution in [2.24, 2.45) is 0 Å². The molecule has 0 aliphatic carbocycles. The molecule has 0 amide bonds. The molecule has 19 heavy (non-hydrogen) atoms. The summed E-state index contributed by atoms with van der Waals surface area (Å²) >= 11 is 0. The highest BCUT2D eigenvalue weighted by atomic mass is 32.2. The summed E-state index contributed by atoms with van der Waals surface area (Å²) in [5.41, 5.74) is -1.26. The van der Waals surface area contributed by atoms with Crippen LogP contribution >= 0.6 is 0 Å². The molecule has 0 saturated carbocycles. The van der Waals surface area contributed by atoms with Crippen LogP contribution in [0.2, 0.25) is 0 Å².